The zero-order valence-corrected chi connectivity index (χ0v) is 9.84. The molecule has 0 rings (SSSR count). The van der Waals surface area contributed by atoms with Gasteiger partial charge in [0.25, 0.3) is 0 Å². The lowest BCUT2D eigenvalue weighted by molar-refractivity contribution is -0.188. The molecule has 1 atom stereocenters. The lowest BCUT2D eigenvalue weighted by Gasteiger charge is -2.20. The molecule has 0 aromatic carbocycles. The highest BCUT2D eigenvalue weighted by Gasteiger charge is 2.47. The van der Waals surface area contributed by atoms with Crippen LogP contribution < -0.4 is 0 Å². The number of esters is 1. The Balaban J connectivity index is 4.03. The quantitative estimate of drug-likeness (QED) is 0.522. The average Bonchev–Trinajstić information content (AvgIpc) is 2.24. The summed E-state index contributed by atoms with van der Waals surface area (Å²) >= 11 is 0. The Hall–Kier alpha value is -0.710. The minimum atomic E-state index is -3.79. The Morgan fingerprint density at radius 1 is 1.31 bits per heavy atom. The molecule has 5 heteroatoms. The summed E-state index contributed by atoms with van der Waals surface area (Å²) in [7, 11) is 0. The van der Waals surface area contributed by atoms with E-state index in [9.17, 15) is 18.7 Å². The Bertz CT molecular complexity index is 207. The van der Waals surface area contributed by atoms with Crippen molar-refractivity contribution in [2.24, 2.45) is 0 Å². The third-order valence-corrected chi connectivity index (χ3v) is 2.30. The fraction of sp³-hybridized carbons (Fsp3) is 0.909. The molecule has 0 bridgehead atoms. The predicted molar refractivity (Wildman–Crippen MR) is 56.3 cm³/mol. The molecule has 0 aliphatic rings. The number of ether oxygens (including phenoxy) is 1. The molecule has 0 fully saturated rings. The van der Waals surface area contributed by atoms with Gasteiger partial charge in [-0.1, -0.05) is 32.6 Å². The van der Waals surface area contributed by atoms with Gasteiger partial charge in [-0.25, -0.2) is 4.79 Å². The van der Waals surface area contributed by atoms with E-state index in [-0.39, 0.29) is 13.0 Å². The molecule has 0 aliphatic carbocycles. The summed E-state index contributed by atoms with van der Waals surface area (Å²) in [5, 5.41) is 9.22. The first kappa shape index (κ1) is 15.3. The molecule has 1 unspecified atom stereocenters. The summed E-state index contributed by atoms with van der Waals surface area (Å²) < 4.78 is 30.6. The van der Waals surface area contributed by atoms with Crippen molar-refractivity contribution in [1.29, 1.82) is 0 Å². The van der Waals surface area contributed by atoms with E-state index in [0.29, 0.717) is 6.42 Å². The molecular formula is C11H20F2O3. The summed E-state index contributed by atoms with van der Waals surface area (Å²) in [4.78, 5) is 10.9. The fourth-order valence-corrected chi connectivity index (χ4v) is 1.31. The van der Waals surface area contributed by atoms with Crippen LogP contribution in [-0.4, -0.2) is 29.7 Å². The van der Waals surface area contributed by atoms with Gasteiger partial charge in [-0.15, -0.1) is 0 Å². The maximum absolute atomic E-state index is 13.2. The Labute approximate surface area is 94.8 Å². The second-order valence-electron chi connectivity index (χ2n) is 3.71. The summed E-state index contributed by atoms with van der Waals surface area (Å²) in [5.41, 5.74) is 0. The second kappa shape index (κ2) is 7.54. The smallest absolute Gasteiger partial charge is 0.379 e. The summed E-state index contributed by atoms with van der Waals surface area (Å²) in [6.07, 6.45) is 1.19. The lowest BCUT2D eigenvalue weighted by atomic mass is 10.0. The van der Waals surface area contributed by atoms with E-state index in [0.717, 1.165) is 19.3 Å². The van der Waals surface area contributed by atoms with Crippen molar-refractivity contribution in [2.75, 3.05) is 6.61 Å². The SMILES string of the molecule is CCCCCCC(O)C(F)(F)C(=O)OCC. The van der Waals surface area contributed by atoms with Crippen LogP contribution in [0.4, 0.5) is 8.78 Å². The van der Waals surface area contributed by atoms with Crippen LogP contribution in [0.15, 0.2) is 0 Å². The van der Waals surface area contributed by atoms with Crippen molar-refractivity contribution in [1.82, 2.24) is 0 Å². The van der Waals surface area contributed by atoms with Crippen LogP contribution in [0, 0.1) is 0 Å². The third kappa shape index (κ3) is 4.88. The zero-order chi connectivity index (χ0) is 12.6. The number of alkyl halides is 2. The number of unbranched alkanes of at least 4 members (excludes halogenated alkanes) is 3. The van der Waals surface area contributed by atoms with Crippen molar-refractivity contribution in [3.63, 3.8) is 0 Å². The van der Waals surface area contributed by atoms with Gasteiger partial charge in [-0.05, 0) is 13.3 Å². The zero-order valence-electron chi connectivity index (χ0n) is 9.84. The number of rotatable bonds is 8. The predicted octanol–water partition coefficient (Wildman–Crippen LogP) is 2.52. The van der Waals surface area contributed by atoms with Gasteiger partial charge < -0.3 is 9.84 Å². The van der Waals surface area contributed by atoms with Crippen molar-refractivity contribution >= 4 is 5.97 Å². The number of aliphatic hydroxyl groups is 1. The molecular weight excluding hydrogens is 218 g/mol. The highest BCUT2D eigenvalue weighted by Crippen LogP contribution is 2.24. The molecule has 0 saturated heterocycles. The van der Waals surface area contributed by atoms with Gasteiger partial charge in [-0.2, -0.15) is 8.78 Å². The first-order valence-corrected chi connectivity index (χ1v) is 5.69. The van der Waals surface area contributed by atoms with Crippen LogP contribution in [0.3, 0.4) is 0 Å². The van der Waals surface area contributed by atoms with Crippen LogP contribution in [0.25, 0.3) is 0 Å². The standard InChI is InChI=1S/C11H20F2O3/c1-3-5-6-7-8-9(14)11(12,13)10(15)16-4-2/h9,14H,3-8H2,1-2H3. The normalized spacial score (nSPS) is 13.6. The van der Waals surface area contributed by atoms with Crippen LogP contribution in [0.5, 0.6) is 0 Å². The average molecular weight is 238 g/mol. The number of halogens is 2. The third-order valence-electron chi connectivity index (χ3n) is 2.30. The number of hydrogen-bond acceptors (Lipinski definition) is 3. The van der Waals surface area contributed by atoms with E-state index < -0.39 is 18.0 Å². The molecule has 0 aromatic heterocycles. The van der Waals surface area contributed by atoms with Gasteiger partial charge in [-0.3, -0.25) is 0 Å². The summed E-state index contributed by atoms with van der Waals surface area (Å²) in [6.45, 7) is 3.34. The first-order chi connectivity index (χ1) is 7.46. The number of carbonyl (C=O) groups excluding carboxylic acids is 1. The maximum atomic E-state index is 13.2. The van der Waals surface area contributed by atoms with Gasteiger partial charge >= 0.3 is 11.9 Å². The van der Waals surface area contributed by atoms with E-state index in [4.69, 9.17) is 0 Å². The van der Waals surface area contributed by atoms with Crippen molar-refractivity contribution in [3.8, 4) is 0 Å². The number of aliphatic hydroxyl groups excluding tert-OH is 1. The highest BCUT2D eigenvalue weighted by atomic mass is 19.3. The Morgan fingerprint density at radius 2 is 1.94 bits per heavy atom. The van der Waals surface area contributed by atoms with Crippen LogP contribution in [-0.2, 0) is 9.53 Å². The van der Waals surface area contributed by atoms with Gasteiger partial charge in [0.2, 0.25) is 0 Å². The highest BCUT2D eigenvalue weighted by molar-refractivity contribution is 5.78. The molecule has 0 heterocycles. The van der Waals surface area contributed by atoms with Gasteiger partial charge in [0.1, 0.15) is 6.10 Å². The molecule has 0 aromatic rings. The van der Waals surface area contributed by atoms with Gasteiger partial charge in [0.15, 0.2) is 0 Å². The monoisotopic (exact) mass is 238 g/mol. The van der Waals surface area contributed by atoms with Gasteiger partial charge in [0.05, 0.1) is 6.61 Å². The first-order valence-electron chi connectivity index (χ1n) is 5.69. The Morgan fingerprint density at radius 3 is 2.44 bits per heavy atom. The molecule has 0 saturated carbocycles. The van der Waals surface area contributed by atoms with Crippen LogP contribution >= 0.6 is 0 Å². The lowest BCUT2D eigenvalue weighted by Crippen LogP contribution is -2.42. The Kier molecular flexibility index (Phi) is 7.21. The molecule has 0 amide bonds. The van der Waals surface area contributed by atoms with E-state index in [1.54, 1.807) is 0 Å². The molecule has 1 N–H and O–H groups in total. The van der Waals surface area contributed by atoms with E-state index in [2.05, 4.69) is 4.74 Å². The minimum absolute atomic E-state index is 0.0776. The van der Waals surface area contributed by atoms with Crippen LogP contribution in [0.1, 0.15) is 46.0 Å². The number of carbonyl (C=O) groups is 1. The van der Waals surface area contributed by atoms with E-state index >= 15 is 0 Å². The minimum Gasteiger partial charge on any atom is -0.461 e. The molecule has 3 nitrogen and oxygen atoms in total. The topological polar surface area (TPSA) is 46.5 Å². The van der Waals surface area contributed by atoms with Gasteiger partial charge in [0, 0.05) is 0 Å². The fourth-order valence-electron chi connectivity index (χ4n) is 1.31. The molecule has 0 aliphatic heterocycles. The van der Waals surface area contributed by atoms with Crippen molar-refractivity contribution in [2.45, 2.75) is 58.0 Å². The van der Waals surface area contributed by atoms with Crippen molar-refractivity contribution < 1.29 is 23.4 Å². The molecule has 0 radical (unpaired) electrons. The molecule has 0 spiro atoms. The summed E-state index contributed by atoms with van der Waals surface area (Å²) in [6, 6.07) is 0. The summed E-state index contributed by atoms with van der Waals surface area (Å²) in [5.74, 6) is -5.43. The van der Waals surface area contributed by atoms with Crippen LogP contribution in [0.2, 0.25) is 0 Å². The largest absolute Gasteiger partial charge is 0.461 e. The van der Waals surface area contributed by atoms with E-state index in [1.165, 1.54) is 6.92 Å². The maximum Gasteiger partial charge on any atom is 0.379 e. The second-order valence-corrected chi connectivity index (χ2v) is 3.71. The molecule has 96 valence electrons. The van der Waals surface area contributed by atoms with Crippen molar-refractivity contribution in [3.05, 3.63) is 0 Å². The van der Waals surface area contributed by atoms with E-state index in [1.807, 2.05) is 6.92 Å². The number of hydrogen-bond donors (Lipinski definition) is 1. The molecule has 16 heavy (non-hydrogen) atoms.